The third-order valence-electron chi connectivity index (χ3n) is 2.40. The molecule has 0 aliphatic rings. The van der Waals surface area contributed by atoms with E-state index in [0.29, 0.717) is 0 Å². The molecular formula is C11H9ClF3NO5S. The van der Waals surface area contributed by atoms with E-state index in [2.05, 4.69) is 4.74 Å². The highest BCUT2D eigenvalue weighted by molar-refractivity contribution is 8.13. The highest BCUT2D eigenvalue weighted by atomic mass is 35.7. The summed E-state index contributed by atoms with van der Waals surface area (Å²) in [5.41, 5.74) is -0.549. The summed E-state index contributed by atoms with van der Waals surface area (Å²) in [6, 6.07) is 2.70. The second-order valence-electron chi connectivity index (χ2n) is 3.97. The van der Waals surface area contributed by atoms with Gasteiger partial charge in [-0.2, -0.15) is 13.2 Å². The zero-order chi connectivity index (χ0) is 17.1. The first-order valence-electron chi connectivity index (χ1n) is 5.47. The molecule has 0 spiro atoms. The Morgan fingerprint density at radius 3 is 2.36 bits per heavy atom. The van der Waals surface area contributed by atoms with E-state index in [9.17, 15) is 31.2 Å². The van der Waals surface area contributed by atoms with Gasteiger partial charge in [-0.05, 0) is 23.8 Å². The first kappa shape index (κ1) is 18.2. The predicted molar refractivity (Wildman–Crippen MR) is 69.9 cm³/mol. The van der Waals surface area contributed by atoms with Crippen LogP contribution in [0.4, 0.5) is 18.9 Å². The van der Waals surface area contributed by atoms with E-state index in [4.69, 9.17) is 10.7 Å². The molecule has 1 amide bonds. The number of amides is 1. The summed E-state index contributed by atoms with van der Waals surface area (Å²) in [5.74, 6) is -3.07. The fraction of sp³-hybridized carbons (Fsp3) is 0.273. The summed E-state index contributed by atoms with van der Waals surface area (Å²) in [5, 5.41) is 1.54. The van der Waals surface area contributed by atoms with Crippen molar-refractivity contribution in [1.29, 1.82) is 0 Å². The second kappa shape index (κ2) is 6.53. The maximum atomic E-state index is 12.2. The van der Waals surface area contributed by atoms with E-state index in [1.54, 1.807) is 0 Å². The number of benzene rings is 1. The number of halogens is 4. The number of ether oxygens (including phenoxy) is 1. The van der Waals surface area contributed by atoms with Crippen LogP contribution in [0, 0.1) is 0 Å². The summed E-state index contributed by atoms with van der Waals surface area (Å²) in [6.45, 7) is 0. The van der Waals surface area contributed by atoms with Gasteiger partial charge in [-0.15, -0.1) is 0 Å². The topological polar surface area (TPSA) is 89.5 Å². The van der Waals surface area contributed by atoms with Gasteiger partial charge in [0.1, 0.15) is 0 Å². The van der Waals surface area contributed by atoms with Crippen molar-refractivity contribution in [2.75, 3.05) is 12.4 Å². The Bertz CT molecular complexity index is 702. The Morgan fingerprint density at radius 2 is 1.91 bits per heavy atom. The molecule has 0 aliphatic heterocycles. The Hall–Kier alpha value is -1.81. The van der Waals surface area contributed by atoms with Crippen LogP contribution in [-0.4, -0.2) is 33.6 Å². The Morgan fingerprint density at radius 1 is 1.32 bits per heavy atom. The second-order valence-corrected chi connectivity index (χ2v) is 6.50. The lowest BCUT2D eigenvalue weighted by atomic mass is 10.1. The van der Waals surface area contributed by atoms with Gasteiger partial charge in [0.2, 0.25) is 0 Å². The van der Waals surface area contributed by atoms with Crippen LogP contribution in [0.1, 0.15) is 5.56 Å². The lowest BCUT2D eigenvalue weighted by Crippen LogP contribution is -2.30. The highest BCUT2D eigenvalue weighted by Gasteiger charge is 2.38. The van der Waals surface area contributed by atoms with Crippen molar-refractivity contribution in [3.8, 4) is 0 Å². The van der Waals surface area contributed by atoms with Gasteiger partial charge in [0.05, 0.1) is 18.4 Å². The monoisotopic (exact) mass is 359 g/mol. The van der Waals surface area contributed by atoms with Crippen molar-refractivity contribution in [3.63, 3.8) is 0 Å². The Labute approximate surface area is 127 Å². The van der Waals surface area contributed by atoms with E-state index < -0.39 is 38.4 Å². The largest absolute Gasteiger partial charge is 0.471 e. The van der Waals surface area contributed by atoms with Gasteiger partial charge < -0.3 is 10.1 Å². The van der Waals surface area contributed by atoms with Gasteiger partial charge in [-0.1, -0.05) is 0 Å². The summed E-state index contributed by atoms with van der Waals surface area (Å²) in [6.07, 6.45) is -5.66. The van der Waals surface area contributed by atoms with Crippen LogP contribution in [-0.2, 0) is 29.8 Å². The van der Waals surface area contributed by atoms with Crippen LogP contribution >= 0.6 is 10.7 Å². The molecule has 0 atom stereocenters. The van der Waals surface area contributed by atoms with Crippen molar-refractivity contribution < 1.29 is 35.9 Å². The maximum absolute atomic E-state index is 12.2. The number of hydrogen-bond acceptors (Lipinski definition) is 5. The van der Waals surface area contributed by atoms with Gasteiger partial charge in [-0.3, -0.25) is 9.59 Å². The van der Waals surface area contributed by atoms with Gasteiger partial charge >= 0.3 is 18.1 Å². The van der Waals surface area contributed by atoms with E-state index in [1.165, 1.54) is 5.32 Å². The molecule has 0 saturated carbocycles. The lowest BCUT2D eigenvalue weighted by Gasteiger charge is -2.11. The summed E-state index contributed by atoms with van der Waals surface area (Å²) < 4.78 is 63.6. The smallest absolute Gasteiger partial charge is 0.469 e. The molecule has 11 heteroatoms. The van der Waals surface area contributed by atoms with Gasteiger partial charge in [0.25, 0.3) is 9.05 Å². The average Bonchev–Trinajstić information content (AvgIpc) is 2.36. The zero-order valence-electron chi connectivity index (χ0n) is 10.9. The van der Waals surface area contributed by atoms with Crippen molar-refractivity contribution in [1.82, 2.24) is 0 Å². The van der Waals surface area contributed by atoms with Crippen LogP contribution in [0.5, 0.6) is 0 Å². The molecule has 1 rings (SSSR count). The van der Waals surface area contributed by atoms with Crippen LogP contribution in [0.25, 0.3) is 0 Å². The number of hydrogen-bond donors (Lipinski definition) is 1. The van der Waals surface area contributed by atoms with Crippen molar-refractivity contribution in [2.45, 2.75) is 17.5 Å². The van der Waals surface area contributed by atoms with Crippen molar-refractivity contribution in [2.24, 2.45) is 0 Å². The molecule has 0 unspecified atom stereocenters. The molecule has 0 aromatic heterocycles. The molecule has 6 nitrogen and oxygen atoms in total. The minimum atomic E-state index is -5.11. The van der Waals surface area contributed by atoms with Crippen LogP contribution in [0.2, 0.25) is 0 Å². The number of nitrogens with one attached hydrogen (secondary N) is 1. The summed E-state index contributed by atoms with van der Waals surface area (Å²) in [4.78, 5) is 21.6. The molecule has 0 fully saturated rings. The molecule has 0 aliphatic carbocycles. The Balaban J connectivity index is 3.22. The van der Waals surface area contributed by atoms with Gasteiger partial charge in [0.15, 0.2) is 0 Å². The van der Waals surface area contributed by atoms with Gasteiger partial charge in [-0.25, -0.2) is 8.42 Å². The minimum absolute atomic E-state index is 0.207. The fourth-order valence-electron chi connectivity index (χ4n) is 1.46. The zero-order valence-corrected chi connectivity index (χ0v) is 12.5. The Kier molecular flexibility index (Phi) is 5.41. The van der Waals surface area contributed by atoms with Crippen LogP contribution in [0.3, 0.4) is 0 Å². The quantitative estimate of drug-likeness (QED) is 0.654. The first-order chi connectivity index (χ1) is 9.95. The van der Waals surface area contributed by atoms with Crippen LogP contribution in [0.15, 0.2) is 23.1 Å². The SMILES string of the molecule is COC(=O)Cc1cc(NC(=O)C(F)(F)F)ccc1S(=O)(=O)Cl. The molecular weight excluding hydrogens is 351 g/mol. The molecule has 1 N–H and O–H groups in total. The standard InChI is InChI=1S/C11H9ClF3NO5S/c1-21-9(17)5-6-4-7(16-10(18)11(13,14)15)2-3-8(6)22(12,19)20/h2-4H,5H2,1H3,(H,16,18). The highest BCUT2D eigenvalue weighted by Crippen LogP contribution is 2.25. The van der Waals surface area contributed by atoms with E-state index in [1.807, 2.05) is 0 Å². The number of rotatable bonds is 4. The minimum Gasteiger partial charge on any atom is -0.469 e. The number of esters is 1. The van der Waals surface area contributed by atoms with Crippen molar-refractivity contribution in [3.05, 3.63) is 23.8 Å². The average molecular weight is 360 g/mol. The number of carbonyl (C=O) groups is 2. The van der Waals surface area contributed by atoms with E-state index in [0.717, 1.165) is 25.3 Å². The molecule has 1 aromatic carbocycles. The third kappa shape index (κ3) is 4.88. The van der Waals surface area contributed by atoms with Gasteiger partial charge in [0, 0.05) is 16.4 Å². The lowest BCUT2D eigenvalue weighted by molar-refractivity contribution is -0.167. The molecule has 0 bridgehead atoms. The number of carbonyl (C=O) groups excluding carboxylic acids is 2. The van der Waals surface area contributed by atoms with E-state index in [-0.39, 0.29) is 11.3 Å². The summed E-state index contributed by atoms with van der Waals surface area (Å²) >= 11 is 0. The van der Waals surface area contributed by atoms with Crippen molar-refractivity contribution >= 4 is 37.3 Å². The van der Waals surface area contributed by atoms with Crippen LogP contribution < -0.4 is 5.32 Å². The first-order valence-corrected chi connectivity index (χ1v) is 7.78. The molecule has 0 radical (unpaired) electrons. The number of anilines is 1. The maximum Gasteiger partial charge on any atom is 0.471 e. The third-order valence-corrected chi connectivity index (χ3v) is 3.82. The number of methoxy groups -OCH3 is 1. The normalized spacial score (nSPS) is 11.9. The molecule has 0 heterocycles. The summed E-state index contributed by atoms with van der Waals surface area (Å²) in [7, 11) is 1.99. The number of alkyl halides is 3. The fourth-order valence-corrected chi connectivity index (χ4v) is 2.59. The molecule has 22 heavy (non-hydrogen) atoms. The van der Waals surface area contributed by atoms with E-state index >= 15 is 0 Å². The molecule has 122 valence electrons. The predicted octanol–water partition coefficient (Wildman–Crippen LogP) is 1.83. The molecule has 1 aromatic rings. The molecule has 0 saturated heterocycles.